The van der Waals surface area contributed by atoms with Crippen LogP contribution in [-0.4, -0.2) is 30.6 Å². The van der Waals surface area contributed by atoms with Crippen molar-refractivity contribution in [2.75, 3.05) is 19.6 Å². The molecule has 1 N–H and O–H groups in total. The first kappa shape index (κ1) is 15.4. The van der Waals surface area contributed by atoms with Gasteiger partial charge in [-0.3, -0.25) is 4.90 Å². The first-order valence-corrected chi connectivity index (χ1v) is 8.91. The van der Waals surface area contributed by atoms with Crippen LogP contribution in [0.2, 0.25) is 0 Å². The molecule has 0 amide bonds. The zero-order valence-corrected chi connectivity index (χ0v) is 14.0. The van der Waals surface area contributed by atoms with E-state index in [1.165, 1.54) is 32.1 Å². The fraction of sp³-hybridized carbons (Fsp3) is 0.647. The summed E-state index contributed by atoms with van der Waals surface area (Å²) in [5.41, 5.74) is 0.800. The molecule has 4 heteroatoms. The van der Waals surface area contributed by atoms with Gasteiger partial charge in [-0.1, -0.05) is 35.2 Å². The number of hydrogen-bond acceptors (Lipinski definition) is 2. The second-order valence-corrected chi connectivity index (χ2v) is 7.35. The number of halogens is 2. The van der Waals surface area contributed by atoms with Gasteiger partial charge in [0.05, 0.1) is 0 Å². The van der Waals surface area contributed by atoms with Crippen LogP contribution >= 0.6 is 15.9 Å². The summed E-state index contributed by atoms with van der Waals surface area (Å²) in [6, 6.07) is 5.82. The smallest absolute Gasteiger partial charge is 0.127 e. The molecule has 2 aliphatic rings. The Morgan fingerprint density at radius 1 is 1.24 bits per heavy atom. The number of hydrogen-bond donors (Lipinski definition) is 1. The Hall–Kier alpha value is -0.450. The minimum absolute atomic E-state index is 0.0917. The monoisotopic (exact) mass is 354 g/mol. The van der Waals surface area contributed by atoms with Gasteiger partial charge in [0.15, 0.2) is 0 Å². The van der Waals surface area contributed by atoms with Crippen molar-refractivity contribution in [3.05, 3.63) is 34.1 Å². The van der Waals surface area contributed by atoms with Gasteiger partial charge in [0, 0.05) is 42.3 Å². The number of nitrogens with one attached hydrogen (secondary N) is 1. The van der Waals surface area contributed by atoms with Crippen LogP contribution in [0.5, 0.6) is 0 Å². The molecule has 116 valence electrons. The van der Waals surface area contributed by atoms with E-state index >= 15 is 0 Å². The molecule has 0 radical (unpaired) electrons. The van der Waals surface area contributed by atoms with Crippen molar-refractivity contribution >= 4 is 15.9 Å². The SMILES string of the molecule is Fc1ccc(Br)cc1CN1CCNC(C2CCCCC2)C1. The molecule has 0 bridgehead atoms. The number of rotatable bonds is 3. The normalized spacial score (nSPS) is 25.1. The van der Waals surface area contributed by atoms with Crippen LogP contribution in [0.25, 0.3) is 0 Å². The topological polar surface area (TPSA) is 15.3 Å². The van der Waals surface area contributed by atoms with Gasteiger partial charge >= 0.3 is 0 Å². The molecule has 1 saturated heterocycles. The van der Waals surface area contributed by atoms with Crippen LogP contribution in [0.3, 0.4) is 0 Å². The molecular weight excluding hydrogens is 331 g/mol. The van der Waals surface area contributed by atoms with Gasteiger partial charge in [-0.25, -0.2) is 4.39 Å². The van der Waals surface area contributed by atoms with Gasteiger partial charge in [-0.15, -0.1) is 0 Å². The highest BCUT2D eigenvalue weighted by Gasteiger charge is 2.28. The average Bonchev–Trinajstić information content (AvgIpc) is 2.52. The van der Waals surface area contributed by atoms with E-state index in [1.54, 1.807) is 12.1 Å². The molecule has 1 aromatic rings. The Kier molecular flexibility index (Phi) is 5.30. The lowest BCUT2D eigenvalue weighted by atomic mass is 9.83. The maximum atomic E-state index is 13.9. The maximum Gasteiger partial charge on any atom is 0.127 e. The number of piperazine rings is 1. The van der Waals surface area contributed by atoms with E-state index in [0.717, 1.165) is 42.1 Å². The summed E-state index contributed by atoms with van der Waals surface area (Å²) in [4.78, 5) is 2.40. The van der Waals surface area contributed by atoms with Crippen LogP contribution in [0.15, 0.2) is 22.7 Å². The highest BCUT2D eigenvalue weighted by Crippen LogP contribution is 2.28. The summed E-state index contributed by atoms with van der Waals surface area (Å²) in [5, 5.41) is 3.69. The highest BCUT2D eigenvalue weighted by atomic mass is 79.9. The van der Waals surface area contributed by atoms with Gasteiger partial charge in [0.2, 0.25) is 0 Å². The molecule has 1 atom stereocenters. The van der Waals surface area contributed by atoms with Crippen LogP contribution in [0.1, 0.15) is 37.7 Å². The second-order valence-electron chi connectivity index (χ2n) is 6.43. The zero-order valence-electron chi connectivity index (χ0n) is 12.5. The van der Waals surface area contributed by atoms with Crippen molar-refractivity contribution in [2.24, 2.45) is 5.92 Å². The van der Waals surface area contributed by atoms with Crippen LogP contribution in [0.4, 0.5) is 4.39 Å². The van der Waals surface area contributed by atoms with E-state index in [9.17, 15) is 4.39 Å². The Morgan fingerprint density at radius 3 is 2.86 bits per heavy atom. The maximum absolute atomic E-state index is 13.9. The molecule has 1 heterocycles. The molecule has 1 aliphatic carbocycles. The molecule has 1 unspecified atom stereocenters. The molecule has 2 nitrogen and oxygen atoms in total. The molecular formula is C17H24BrFN2. The third-order valence-corrected chi connectivity index (χ3v) is 5.40. The standard InChI is InChI=1S/C17H24BrFN2/c18-15-6-7-16(19)14(10-15)11-21-9-8-20-17(12-21)13-4-2-1-3-5-13/h6-7,10,13,17,20H,1-5,8-9,11-12H2. The molecule has 0 spiro atoms. The van der Waals surface area contributed by atoms with Crippen molar-refractivity contribution in [1.29, 1.82) is 0 Å². The first-order chi connectivity index (χ1) is 10.2. The van der Waals surface area contributed by atoms with Crippen LogP contribution < -0.4 is 5.32 Å². The van der Waals surface area contributed by atoms with E-state index in [0.29, 0.717) is 6.04 Å². The molecule has 1 aliphatic heterocycles. The van der Waals surface area contributed by atoms with Crippen molar-refractivity contribution < 1.29 is 4.39 Å². The van der Waals surface area contributed by atoms with Crippen molar-refractivity contribution in [2.45, 2.75) is 44.7 Å². The Balaban J connectivity index is 1.61. The molecule has 1 aromatic carbocycles. The fourth-order valence-corrected chi connectivity index (χ4v) is 4.15. The Labute approximate surface area is 135 Å². The van der Waals surface area contributed by atoms with Gasteiger partial charge < -0.3 is 5.32 Å². The lowest BCUT2D eigenvalue weighted by molar-refractivity contribution is 0.140. The summed E-state index contributed by atoms with van der Waals surface area (Å²) in [5.74, 6) is 0.722. The Bertz CT molecular complexity index is 474. The third kappa shape index (κ3) is 4.05. The van der Waals surface area contributed by atoms with Crippen LogP contribution in [0, 0.1) is 11.7 Å². The number of nitrogens with zero attached hydrogens (tertiary/aromatic N) is 1. The summed E-state index contributed by atoms with van der Waals surface area (Å²) in [7, 11) is 0. The zero-order chi connectivity index (χ0) is 14.7. The van der Waals surface area contributed by atoms with Gasteiger partial charge in [-0.05, 0) is 37.0 Å². The quantitative estimate of drug-likeness (QED) is 0.884. The lowest BCUT2D eigenvalue weighted by Gasteiger charge is -2.39. The minimum Gasteiger partial charge on any atom is -0.311 e. The first-order valence-electron chi connectivity index (χ1n) is 8.12. The van der Waals surface area contributed by atoms with Crippen LogP contribution in [-0.2, 0) is 6.54 Å². The predicted octanol–water partition coefficient (Wildman–Crippen LogP) is 3.94. The second kappa shape index (κ2) is 7.21. The molecule has 21 heavy (non-hydrogen) atoms. The van der Waals surface area contributed by atoms with Gasteiger partial charge in [0.25, 0.3) is 0 Å². The fourth-order valence-electron chi connectivity index (χ4n) is 3.74. The molecule has 0 aromatic heterocycles. The highest BCUT2D eigenvalue weighted by molar-refractivity contribution is 9.10. The van der Waals surface area contributed by atoms with E-state index < -0.39 is 0 Å². The van der Waals surface area contributed by atoms with Crippen molar-refractivity contribution in [1.82, 2.24) is 10.2 Å². The molecule has 2 fully saturated rings. The predicted molar refractivity (Wildman–Crippen MR) is 87.7 cm³/mol. The Morgan fingerprint density at radius 2 is 2.05 bits per heavy atom. The van der Waals surface area contributed by atoms with E-state index in [1.807, 2.05) is 6.07 Å². The summed E-state index contributed by atoms with van der Waals surface area (Å²) in [6.45, 7) is 3.80. The summed E-state index contributed by atoms with van der Waals surface area (Å²) < 4.78 is 14.9. The largest absolute Gasteiger partial charge is 0.311 e. The van der Waals surface area contributed by atoms with E-state index in [-0.39, 0.29) is 5.82 Å². The van der Waals surface area contributed by atoms with Gasteiger partial charge in [0.1, 0.15) is 5.82 Å². The summed E-state index contributed by atoms with van der Waals surface area (Å²) >= 11 is 3.44. The molecule has 3 rings (SSSR count). The van der Waals surface area contributed by atoms with Crippen molar-refractivity contribution in [3.63, 3.8) is 0 Å². The van der Waals surface area contributed by atoms with Gasteiger partial charge in [-0.2, -0.15) is 0 Å². The third-order valence-electron chi connectivity index (χ3n) is 4.91. The molecule has 1 saturated carbocycles. The number of benzene rings is 1. The lowest BCUT2D eigenvalue weighted by Crippen LogP contribution is -2.53. The van der Waals surface area contributed by atoms with E-state index in [2.05, 4.69) is 26.1 Å². The average molecular weight is 355 g/mol. The minimum atomic E-state index is -0.0917. The van der Waals surface area contributed by atoms with Crippen molar-refractivity contribution in [3.8, 4) is 0 Å². The van der Waals surface area contributed by atoms with E-state index in [4.69, 9.17) is 0 Å². The summed E-state index contributed by atoms with van der Waals surface area (Å²) in [6.07, 6.45) is 6.87.